The summed E-state index contributed by atoms with van der Waals surface area (Å²) in [5, 5.41) is 5.75. The topological polar surface area (TPSA) is 15.8 Å². The molecule has 0 saturated heterocycles. The zero-order valence-corrected chi connectivity index (χ0v) is 10.3. The highest BCUT2D eigenvalue weighted by molar-refractivity contribution is 6.31. The molecule has 4 aromatic rings. The first-order chi connectivity index (χ1) is 8.81. The van der Waals surface area contributed by atoms with E-state index in [9.17, 15) is 0 Å². The van der Waals surface area contributed by atoms with Crippen molar-refractivity contribution in [1.82, 2.24) is 4.98 Å². The minimum atomic E-state index is 0.763. The lowest BCUT2D eigenvalue weighted by Crippen LogP contribution is -1.72. The Balaban J connectivity index is 2.23. The molecule has 0 aliphatic heterocycles. The Morgan fingerprint density at radius 3 is 2.28 bits per heavy atom. The van der Waals surface area contributed by atoms with E-state index in [0.29, 0.717) is 0 Å². The van der Waals surface area contributed by atoms with Crippen molar-refractivity contribution in [2.75, 3.05) is 0 Å². The molecule has 0 fully saturated rings. The molecular weight excluding hydrogens is 242 g/mol. The molecule has 1 N–H and O–H groups in total. The minimum absolute atomic E-state index is 0.763. The van der Waals surface area contributed by atoms with E-state index in [-0.39, 0.29) is 0 Å². The van der Waals surface area contributed by atoms with Crippen molar-refractivity contribution in [2.45, 2.75) is 0 Å². The van der Waals surface area contributed by atoms with E-state index in [4.69, 9.17) is 11.6 Å². The van der Waals surface area contributed by atoms with Gasteiger partial charge in [0.05, 0.1) is 0 Å². The number of aromatic amines is 1. The van der Waals surface area contributed by atoms with Gasteiger partial charge in [0.15, 0.2) is 0 Å². The summed E-state index contributed by atoms with van der Waals surface area (Å²) < 4.78 is 0. The van der Waals surface area contributed by atoms with Crippen LogP contribution in [-0.2, 0) is 0 Å². The second-order valence-corrected chi connectivity index (χ2v) is 5.00. The summed E-state index contributed by atoms with van der Waals surface area (Å²) in [6.07, 6.45) is 0. The maximum Gasteiger partial charge on any atom is 0.0479 e. The molecule has 0 amide bonds. The summed E-state index contributed by atoms with van der Waals surface area (Å²) in [5.41, 5.74) is 2.25. The van der Waals surface area contributed by atoms with Crippen LogP contribution < -0.4 is 0 Å². The molecule has 1 heterocycles. The highest BCUT2D eigenvalue weighted by Gasteiger charge is 2.05. The molecule has 86 valence electrons. The van der Waals surface area contributed by atoms with Crippen molar-refractivity contribution in [3.63, 3.8) is 0 Å². The molecular formula is C16H10ClN. The third kappa shape index (κ3) is 1.34. The van der Waals surface area contributed by atoms with Crippen molar-refractivity contribution < 1.29 is 0 Å². The lowest BCUT2D eigenvalue weighted by atomic mass is 10.1. The Hall–Kier alpha value is -1.99. The lowest BCUT2D eigenvalue weighted by molar-refractivity contribution is 1.55. The first kappa shape index (κ1) is 9.98. The van der Waals surface area contributed by atoms with Crippen LogP contribution in [0.25, 0.3) is 32.6 Å². The Labute approximate surface area is 109 Å². The van der Waals surface area contributed by atoms with Crippen LogP contribution >= 0.6 is 11.6 Å². The van der Waals surface area contributed by atoms with Crippen LogP contribution in [0, 0.1) is 0 Å². The number of aromatic nitrogens is 1. The van der Waals surface area contributed by atoms with Crippen molar-refractivity contribution in [3.05, 3.63) is 59.6 Å². The predicted molar refractivity (Wildman–Crippen MR) is 78.3 cm³/mol. The summed E-state index contributed by atoms with van der Waals surface area (Å²) in [4.78, 5) is 3.43. The van der Waals surface area contributed by atoms with Gasteiger partial charge in [-0.25, -0.2) is 0 Å². The number of halogens is 1. The van der Waals surface area contributed by atoms with Crippen LogP contribution in [-0.4, -0.2) is 4.98 Å². The maximum absolute atomic E-state index is 6.03. The maximum atomic E-state index is 6.03. The zero-order chi connectivity index (χ0) is 12.1. The zero-order valence-electron chi connectivity index (χ0n) is 9.57. The Bertz CT molecular complexity index is 889. The van der Waals surface area contributed by atoms with E-state index in [1.54, 1.807) is 0 Å². The molecule has 1 aromatic heterocycles. The molecule has 0 atom stereocenters. The summed E-state index contributed by atoms with van der Waals surface area (Å²) in [5.74, 6) is 0. The van der Waals surface area contributed by atoms with Gasteiger partial charge in [0.25, 0.3) is 0 Å². The highest BCUT2D eigenvalue weighted by Crippen LogP contribution is 2.30. The van der Waals surface area contributed by atoms with Gasteiger partial charge in [-0.1, -0.05) is 41.9 Å². The van der Waals surface area contributed by atoms with Gasteiger partial charge in [-0.2, -0.15) is 0 Å². The van der Waals surface area contributed by atoms with Crippen LogP contribution in [0.3, 0.4) is 0 Å². The van der Waals surface area contributed by atoms with Gasteiger partial charge in [-0.15, -0.1) is 0 Å². The van der Waals surface area contributed by atoms with Crippen LogP contribution in [0.4, 0.5) is 0 Å². The Morgan fingerprint density at radius 2 is 1.44 bits per heavy atom. The summed E-state index contributed by atoms with van der Waals surface area (Å²) in [6, 6.07) is 18.8. The molecule has 0 bridgehead atoms. The molecule has 0 spiro atoms. The van der Waals surface area contributed by atoms with E-state index < -0.39 is 0 Å². The van der Waals surface area contributed by atoms with Crippen molar-refractivity contribution in [1.29, 1.82) is 0 Å². The lowest BCUT2D eigenvalue weighted by Gasteiger charge is -1.97. The van der Waals surface area contributed by atoms with Gasteiger partial charge < -0.3 is 4.98 Å². The molecule has 18 heavy (non-hydrogen) atoms. The van der Waals surface area contributed by atoms with Gasteiger partial charge in [-0.3, -0.25) is 0 Å². The average molecular weight is 252 g/mol. The number of rotatable bonds is 0. The summed E-state index contributed by atoms with van der Waals surface area (Å²) >= 11 is 6.03. The summed E-state index contributed by atoms with van der Waals surface area (Å²) in [6.45, 7) is 0. The van der Waals surface area contributed by atoms with E-state index >= 15 is 0 Å². The third-order valence-corrected chi connectivity index (χ3v) is 3.66. The van der Waals surface area contributed by atoms with Crippen LogP contribution in [0.2, 0.25) is 5.02 Å². The third-order valence-electron chi connectivity index (χ3n) is 3.43. The van der Waals surface area contributed by atoms with Gasteiger partial charge in [0.2, 0.25) is 0 Å². The fourth-order valence-electron chi connectivity index (χ4n) is 2.57. The molecule has 0 saturated carbocycles. The predicted octanol–water partition coefficient (Wildman–Crippen LogP) is 5.13. The van der Waals surface area contributed by atoms with Gasteiger partial charge in [-0.05, 0) is 35.0 Å². The monoisotopic (exact) mass is 251 g/mol. The van der Waals surface area contributed by atoms with Gasteiger partial charge in [0.1, 0.15) is 0 Å². The fraction of sp³-hybridized carbons (Fsp3) is 0. The first-order valence-corrected chi connectivity index (χ1v) is 6.29. The molecule has 4 rings (SSSR count). The fourth-order valence-corrected chi connectivity index (χ4v) is 2.74. The normalized spacial score (nSPS) is 11.6. The molecule has 3 aromatic carbocycles. The quantitative estimate of drug-likeness (QED) is 0.446. The van der Waals surface area contributed by atoms with E-state index in [2.05, 4.69) is 47.4 Å². The molecule has 1 nitrogen and oxygen atoms in total. The Kier molecular flexibility index (Phi) is 1.94. The highest BCUT2D eigenvalue weighted by atomic mass is 35.5. The Morgan fingerprint density at radius 1 is 0.722 bits per heavy atom. The van der Waals surface area contributed by atoms with E-state index in [0.717, 1.165) is 16.1 Å². The van der Waals surface area contributed by atoms with Crippen molar-refractivity contribution >= 4 is 44.2 Å². The number of fused-ring (bicyclic) bond motifs is 4. The molecule has 0 radical (unpaired) electrons. The molecule has 2 heteroatoms. The van der Waals surface area contributed by atoms with Gasteiger partial charge in [0, 0.05) is 26.8 Å². The second-order valence-electron chi connectivity index (χ2n) is 4.56. The first-order valence-electron chi connectivity index (χ1n) is 5.91. The number of hydrogen-bond acceptors (Lipinski definition) is 0. The molecule has 0 aliphatic carbocycles. The van der Waals surface area contributed by atoms with Crippen molar-refractivity contribution in [3.8, 4) is 0 Å². The summed E-state index contributed by atoms with van der Waals surface area (Å²) in [7, 11) is 0. The average Bonchev–Trinajstić information content (AvgIpc) is 2.72. The molecule has 0 aliphatic rings. The smallest absolute Gasteiger partial charge is 0.0479 e. The number of benzene rings is 3. The van der Waals surface area contributed by atoms with Gasteiger partial charge >= 0.3 is 0 Å². The van der Waals surface area contributed by atoms with Crippen molar-refractivity contribution in [2.24, 2.45) is 0 Å². The van der Waals surface area contributed by atoms with E-state index in [1.807, 2.05) is 12.1 Å². The second kappa shape index (κ2) is 3.50. The number of nitrogens with one attached hydrogen (secondary N) is 1. The largest absolute Gasteiger partial charge is 0.354 e. The molecule has 0 unspecified atom stereocenters. The van der Waals surface area contributed by atoms with Crippen LogP contribution in [0.15, 0.2) is 54.6 Å². The number of H-pyrrole nitrogens is 1. The number of hydrogen-bond donors (Lipinski definition) is 1. The standard InChI is InChI=1S/C16H10ClN/c17-12-5-6-13-14-7-10-3-1-2-4-11(10)8-15(14)18-16(13)9-12/h1-9,18H. The van der Waals surface area contributed by atoms with Crippen LogP contribution in [0.5, 0.6) is 0 Å². The SMILES string of the molecule is Clc1ccc2c(c1)[nH]c1cc3ccccc3cc12. The minimum Gasteiger partial charge on any atom is -0.354 e. The van der Waals surface area contributed by atoms with Crippen LogP contribution in [0.1, 0.15) is 0 Å². The van der Waals surface area contributed by atoms with E-state index in [1.165, 1.54) is 21.5 Å².